The number of carbonyl (C=O) groups is 2. The van der Waals surface area contributed by atoms with Gasteiger partial charge in [0.1, 0.15) is 5.75 Å². The largest absolute Gasteiger partial charge is 0.484 e. The number of hydrogen-bond donors (Lipinski definition) is 1. The van der Waals surface area contributed by atoms with E-state index in [4.69, 9.17) is 16.3 Å². The van der Waals surface area contributed by atoms with E-state index in [9.17, 15) is 18.0 Å². The highest BCUT2D eigenvalue weighted by molar-refractivity contribution is 7.89. The zero-order chi connectivity index (χ0) is 21.6. The van der Waals surface area contributed by atoms with Crippen molar-refractivity contribution in [2.75, 3.05) is 39.6 Å². The van der Waals surface area contributed by atoms with Crippen molar-refractivity contribution in [3.63, 3.8) is 0 Å². The van der Waals surface area contributed by atoms with Crippen LogP contribution in [0.4, 0.5) is 5.69 Å². The van der Waals surface area contributed by atoms with Gasteiger partial charge in [0.05, 0.1) is 11.4 Å². The normalized spacial score (nSPS) is 11.2. The molecular weight excluding hydrogens is 418 g/mol. The molecule has 2 rings (SSSR count). The predicted molar refractivity (Wildman–Crippen MR) is 111 cm³/mol. The van der Waals surface area contributed by atoms with E-state index < -0.39 is 15.9 Å². The molecule has 2 aromatic rings. The van der Waals surface area contributed by atoms with Gasteiger partial charge in [-0.15, -0.1) is 0 Å². The topological polar surface area (TPSA) is 96.0 Å². The van der Waals surface area contributed by atoms with Gasteiger partial charge in [-0.05, 0) is 48.5 Å². The van der Waals surface area contributed by atoms with Crippen LogP contribution in [-0.2, 0) is 19.6 Å². The van der Waals surface area contributed by atoms with Crippen LogP contribution in [0.5, 0.6) is 5.75 Å². The number of nitrogens with one attached hydrogen (secondary N) is 1. The number of ether oxygens (including phenoxy) is 1. The maximum absolute atomic E-state index is 12.5. The van der Waals surface area contributed by atoms with Crippen molar-refractivity contribution in [2.24, 2.45) is 0 Å². The van der Waals surface area contributed by atoms with Crippen LogP contribution in [0, 0.1) is 0 Å². The summed E-state index contributed by atoms with van der Waals surface area (Å²) in [4.78, 5) is 25.2. The van der Waals surface area contributed by atoms with Gasteiger partial charge in [0.2, 0.25) is 15.9 Å². The Morgan fingerprint density at radius 3 is 2.14 bits per heavy atom. The summed E-state index contributed by atoms with van der Waals surface area (Å²) in [6.45, 7) is -0.452. The third kappa shape index (κ3) is 6.45. The van der Waals surface area contributed by atoms with Gasteiger partial charge in [0.25, 0.3) is 5.91 Å². The number of benzene rings is 2. The number of rotatable bonds is 8. The monoisotopic (exact) mass is 439 g/mol. The highest BCUT2D eigenvalue weighted by Gasteiger charge is 2.23. The Morgan fingerprint density at radius 1 is 1.00 bits per heavy atom. The summed E-state index contributed by atoms with van der Waals surface area (Å²) in [5, 5.41) is 3.04. The average Bonchev–Trinajstić information content (AvgIpc) is 2.67. The highest BCUT2D eigenvalue weighted by Crippen LogP contribution is 2.18. The number of carbonyl (C=O) groups excluding carboxylic acids is 2. The van der Waals surface area contributed by atoms with E-state index in [1.54, 1.807) is 38.4 Å². The third-order valence-corrected chi connectivity index (χ3v) is 5.96. The lowest BCUT2D eigenvalue weighted by Gasteiger charge is -2.17. The number of amides is 2. The molecule has 0 aliphatic carbocycles. The second kappa shape index (κ2) is 9.73. The van der Waals surface area contributed by atoms with Crippen LogP contribution < -0.4 is 10.1 Å². The Labute approximate surface area is 175 Å². The van der Waals surface area contributed by atoms with Crippen LogP contribution in [0.2, 0.25) is 5.02 Å². The molecule has 10 heteroatoms. The molecule has 8 nitrogen and oxygen atoms in total. The second-order valence-electron chi connectivity index (χ2n) is 6.36. The Hall–Kier alpha value is -2.62. The number of nitrogens with zero attached hydrogens (tertiary/aromatic N) is 2. The molecule has 0 unspecified atom stereocenters. The lowest BCUT2D eigenvalue weighted by Crippen LogP contribution is -2.34. The van der Waals surface area contributed by atoms with Crippen LogP contribution in [-0.4, -0.2) is 63.7 Å². The molecule has 0 spiro atoms. The predicted octanol–water partition coefficient (Wildman–Crippen LogP) is 2.07. The first-order valence-corrected chi connectivity index (χ1v) is 10.4. The molecule has 156 valence electrons. The molecule has 0 radical (unpaired) electrons. The maximum atomic E-state index is 12.5. The molecule has 0 aromatic heterocycles. The Kier molecular flexibility index (Phi) is 7.60. The first kappa shape index (κ1) is 22.7. The third-order valence-electron chi connectivity index (χ3n) is 3.89. The lowest BCUT2D eigenvalue weighted by atomic mass is 10.3. The molecule has 0 aliphatic heterocycles. The van der Waals surface area contributed by atoms with Gasteiger partial charge in [0, 0.05) is 31.9 Å². The molecule has 0 bridgehead atoms. The van der Waals surface area contributed by atoms with Crippen molar-refractivity contribution < 1.29 is 22.7 Å². The van der Waals surface area contributed by atoms with Crippen molar-refractivity contribution in [1.29, 1.82) is 0 Å². The van der Waals surface area contributed by atoms with E-state index in [2.05, 4.69) is 5.32 Å². The average molecular weight is 440 g/mol. The van der Waals surface area contributed by atoms with E-state index in [0.717, 1.165) is 4.31 Å². The Bertz CT molecular complexity index is 960. The van der Waals surface area contributed by atoms with Crippen molar-refractivity contribution in [3.8, 4) is 5.75 Å². The molecule has 29 heavy (non-hydrogen) atoms. The molecule has 1 N–H and O–H groups in total. The first-order chi connectivity index (χ1) is 13.6. The summed E-state index contributed by atoms with van der Waals surface area (Å²) < 4.78 is 31.3. The van der Waals surface area contributed by atoms with Gasteiger partial charge >= 0.3 is 0 Å². The molecule has 0 saturated heterocycles. The quantitative estimate of drug-likeness (QED) is 0.679. The fraction of sp³-hybridized carbons (Fsp3) is 0.263. The first-order valence-electron chi connectivity index (χ1n) is 8.54. The van der Waals surface area contributed by atoms with E-state index >= 15 is 0 Å². The standard InChI is InChI=1S/C19H22ClN3O5S/c1-22(2)19(25)13-28-16-8-6-15(7-9-16)21-18(24)12-23(3)29(26,27)17-10-4-14(20)5-11-17/h4-11H,12-13H2,1-3H3,(H,21,24). The molecule has 0 saturated carbocycles. The van der Waals surface area contributed by atoms with Crippen molar-refractivity contribution in [2.45, 2.75) is 4.90 Å². The van der Waals surface area contributed by atoms with Crippen LogP contribution in [0.3, 0.4) is 0 Å². The van der Waals surface area contributed by atoms with Crippen LogP contribution in [0.25, 0.3) is 0 Å². The second-order valence-corrected chi connectivity index (χ2v) is 8.85. The summed E-state index contributed by atoms with van der Waals surface area (Å²) in [6, 6.07) is 12.1. The number of hydrogen-bond acceptors (Lipinski definition) is 5. The van der Waals surface area contributed by atoms with Crippen LogP contribution in [0.1, 0.15) is 0 Å². The zero-order valence-corrected chi connectivity index (χ0v) is 17.8. The number of sulfonamides is 1. The molecule has 2 amide bonds. The van der Waals surface area contributed by atoms with Crippen molar-refractivity contribution in [1.82, 2.24) is 9.21 Å². The number of anilines is 1. The Morgan fingerprint density at radius 2 is 1.59 bits per heavy atom. The fourth-order valence-corrected chi connectivity index (χ4v) is 3.44. The molecular formula is C19H22ClN3O5S. The molecule has 0 atom stereocenters. The zero-order valence-electron chi connectivity index (χ0n) is 16.3. The van der Waals surface area contributed by atoms with Gasteiger partial charge in [-0.25, -0.2) is 8.42 Å². The van der Waals surface area contributed by atoms with E-state index in [-0.39, 0.29) is 24.0 Å². The van der Waals surface area contributed by atoms with Gasteiger partial charge in [0.15, 0.2) is 6.61 Å². The molecule has 0 fully saturated rings. The molecule has 2 aromatic carbocycles. The molecule has 0 aliphatic rings. The highest BCUT2D eigenvalue weighted by atomic mass is 35.5. The summed E-state index contributed by atoms with van der Waals surface area (Å²) in [7, 11) is 0.774. The SMILES string of the molecule is CN(C)C(=O)COc1ccc(NC(=O)CN(C)S(=O)(=O)c2ccc(Cl)cc2)cc1. The summed E-state index contributed by atoms with van der Waals surface area (Å²) >= 11 is 5.78. The number of likely N-dealkylation sites (N-methyl/N-ethyl adjacent to an activating group) is 2. The maximum Gasteiger partial charge on any atom is 0.259 e. The van der Waals surface area contributed by atoms with Gasteiger partial charge in [-0.3, -0.25) is 9.59 Å². The summed E-state index contributed by atoms with van der Waals surface area (Å²) in [5.41, 5.74) is 0.471. The minimum absolute atomic E-state index is 0.0472. The van der Waals surface area contributed by atoms with E-state index in [0.29, 0.717) is 16.5 Å². The fourth-order valence-electron chi connectivity index (χ4n) is 2.18. The smallest absolute Gasteiger partial charge is 0.259 e. The van der Waals surface area contributed by atoms with Crippen molar-refractivity contribution in [3.05, 3.63) is 53.6 Å². The van der Waals surface area contributed by atoms with Crippen LogP contribution in [0.15, 0.2) is 53.4 Å². The molecule has 0 heterocycles. The summed E-state index contributed by atoms with van der Waals surface area (Å²) in [5.74, 6) is -0.200. The number of halogens is 1. The van der Waals surface area contributed by atoms with Gasteiger partial charge in [-0.1, -0.05) is 11.6 Å². The summed E-state index contributed by atoms with van der Waals surface area (Å²) in [6.07, 6.45) is 0. The minimum atomic E-state index is -3.81. The lowest BCUT2D eigenvalue weighted by molar-refractivity contribution is -0.130. The van der Waals surface area contributed by atoms with Crippen LogP contribution >= 0.6 is 11.6 Å². The minimum Gasteiger partial charge on any atom is -0.484 e. The van der Waals surface area contributed by atoms with Crippen molar-refractivity contribution >= 4 is 39.1 Å². The van der Waals surface area contributed by atoms with E-state index in [1.165, 1.54) is 36.2 Å². The van der Waals surface area contributed by atoms with Gasteiger partial charge < -0.3 is 15.0 Å². The van der Waals surface area contributed by atoms with E-state index in [1.807, 2.05) is 0 Å². The van der Waals surface area contributed by atoms with Gasteiger partial charge in [-0.2, -0.15) is 4.31 Å². The Balaban J connectivity index is 1.93.